The van der Waals surface area contributed by atoms with Crippen molar-refractivity contribution in [3.63, 3.8) is 0 Å². The first-order chi connectivity index (χ1) is 13.8. The molecule has 2 aliphatic rings. The quantitative estimate of drug-likeness (QED) is 0.423. The van der Waals surface area contributed by atoms with Gasteiger partial charge in [0, 0.05) is 55.5 Å². The highest BCUT2D eigenvalue weighted by atomic mass is 32.1. The summed E-state index contributed by atoms with van der Waals surface area (Å²) in [6.45, 7) is 0.706. The summed E-state index contributed by atoms with van der Waals surface area (Å²) in [6, 6.07) is 1.70. The Bertz CT molecular complexity index is 1030. The maximum Gasteiger partial charge on any atom is 0.228 e. The SMILES string of the molecule is Cn1c(CC(=O)N2CCC(CF)C2)c2n(c1=S)CC(c1c(F)ccc(F)c1F)C2. The maximum absolute atomic E-state index is 14.3. The van der Waals surface area contributed by atoms with Gasteiger partial charge in [-0.1, -0.05) is 0 Å². The predicted molar refractivity (Wildman–Crippen MR) is 101 cm³/mol. The molecule has 2 unspecified atom stereocenters. The van der Waals surface area contributed by atoms with E-state index in [2.05, 4.69) is 0 Å². The first-order valence-corrected chi connectivity index (χ1v) is 9.97. The highest BCUT2D eigenvalue weighted by molar-refractivity contribution is 7.71. The monoisotopic (exact) mass is 427 g/mol. The second-order valence-electron chi connectivity index (χ2n) is 7.83. The molecule has 4 rings (SSSR count). The first-order valence-electron chi connectivity index (χ1n) is 9.56. The van der Waals surface area contributed by atoms with E-state index < -0.39 is 30.0 Å². The number of carbonyl (C=O) groups excluding carboxylic acids is 1. The van der Waals surface area contributed by atoms with Gasteiger partial charge in [0.15, 0.2) is 16.4 Å². The zero-order chi connectivity index (χ0) is 20.9. The van der Waals surface area contributed by atoms with Crippen LogP contribution in [0.5, 0.6) is 0 Å². The number of hydrogen-bond donors (Lipinski definition) is 0. The fraction of sp³-hybridized carbons (Fsp3) is 0.500. The lowest BCUT2D eigenvalue weighted by Crippen LogP contribution is -2.31. The Morgan fingerprint density at radius 2 is 1.93 bits per heavy atom. The molecule has 1 fully saturated rings. The van der Waals surface area contributed by atoms with Crippen LogP contribution in [0.15, 0.2) is 12.1 Å². The normalized spacial score (nSPS) is 21.1. The van der Waals surface area contributed by atoms with Crippen molar-refractivity contribution >= 4 is 18.1 Å². The zero-order valence-electron chi connectivity index (χ0n) is 15.9. The van der Waals surface area contributed by atoms with Gasteiger partial charge in [0.1, 0.15) is 5.82 Å². The van der Waals surface area contributed by atoms with Crippen LogP contribution < -0.4 is 0 Å². The average Bonchev–Trinajstić information content (AvgIpc) is 3.39. The van der Waals surface area contributed by atoms with E-state index in [9.17, 15) is 22.4 Å². The van der Waals surface area contributed by atoms with Crippen LogP contribution in [0.4, 0.5) is 17.6 Å². The number of fused-ring (bicyclic) bond motifs is 1. The van der Waals surface area contributed by atoms with Crippen LogP contribution in [-0.2, 0) is 31.2 Å². The number of likely N-dealkylation sites (tertiary alicyclic amines) is 1. The van der Waals surface area contributed by atoms with Crippen LogP contribution >= 0.6 is 12.2 Å². The smallest absolute Gasteiger partial charge is 0.228 e. The average molecular weight is 427 g/mol. The molecule has 9 heteroatoms. The molecule has 1 aromatic heterocycles. The van der Waals surface area contributed by atoms with Crippen molar-refractivity contribution in [2.24, 2.45) is 13.0 Å². The van der Waals surface area contributed by atoms with Crippen molar-refractivity contribution in [1.82, 2.24) is 14.0 Å². The highest BCUT2D eigenvalue weighted by Gasteiger charge is 2.34. The molecule has 0 bridgehead atoms. The molecule has 0 saturated carbocycles. The van der Waals surface area contributed by atoms with Crippen LogP contribution in [0.1, 0.15) is 29.3 Å². The van der Waals surface area contributed by atoms with Crippen LogP contribution in [0.2, 0.25) is 0 Å². The molecular formula is C20H21F4N3OS. The van der Waals surface area contributed by atoms with Gasteiger partial charge in [-0.25, -0.2) is 13.2 Å². The summed E-state index contributed by atoms with van der Waals surface area (Å²) in [6.07, 6.45) is 0.995. The summed E-state index contributed by atoms with van der Waals surface area (Å²) in [5.41, 5.74) is 1.14. The summed E-state index contributed by atoms with van der Waals surface area (Å²) in [4.78, 5) is 14.4. The second-order valence-corrected chi connectivity index (χ2v) is 8.19. The fourth-order valence-corrected chi connectivity index (χ4v) is 4.76. The van der Waals surface area contributed by atoms with Gasteiger partial charge in [0.25, 0.3) is 0 Å². The van der Waals surface area contributed by atoms with Gasteiger partial charge in [0.05, 0.1) is 13.1 Å². The molecule has 4 nitrogen and oxygen atoms in total. The minimum absolute atomic E-state index is 0.0856. The summed E-state index contributed by atoms with van der Waals surface area (Å²) >= 11 is 5.45. The van der Waals surface area contributed by atoms with Gasteiger partial charge in [0.2, 0.25) is 5.91 Å². The number of rotatable bonds is 4. The van der Waals surface area contributed by atoms with Gasteiger partial charge >= 0.3 is 0 Å². The van der Waals surface area contributed by atoms with Gasteiger partial charge in [-0.3, -0.25) is 9.18 Å². The number of carbonyl (C=O) groups is 1. The topological polar surface area (TPSA) is 30.2 Å². The van der Waals surface area contributed by atoms with Crippen molar-refractivity contribution in [1.29, 1.82) is 0 Å². The van der Waals surface area contributed by atoms with Crippen LogP contribution in [-0.4, -0.2) is 39.7 Å². The molecule has 3 heterocycles. The lowest BCUT2D eigenvalue weighted by atomic mass is 9.95. The maximum atomic E-state index is 14.3. The molecule has 1 amide bonds. The van der Waals surface area contributed by atoms with Crippen LogP contribution in [0.3, 0.4) is 0 Å². The molecule has 1 saturated heterocycles. The minimum Gasteiger partial charge on any atom is -0.342 e. The molecule has 2 atom stereocenters. The number of alkyl halides is 1. The van der Waals surface area contributed by atoms with E-state index in [1.807, 2.05) is 0 Å². The first kappa shape index (κ1) is 20.1. The number of amides is 1. The van der Waals surface area contributed by atoms with E-state index >= 15 is 0 Å². The molecular weight excluding hydrogens is 406 g/mol. The molecule has 1 aromatic carbocycles. The van der Waals surface area contributed by atoms with E-state index in [1.165, 1.54) is 0 Å². The van der Waals surface area contributed by atoms with Gasteiger partial charge in [-0.15, -0.1) is 0 Å². The second kappa shape index (κ2) is 7.59. The third kappa shape index (κ3) is 3.39. The van der Waals surface area contributed by atoms with Crippen LogP contribution in [0.25, 0.3) is 0 Å². The number of aromatic nitrogens is 2. The third-order valence-electron chi connectivity index (χ3n) is 6.09. The molecule has 2 aromatic rings. The summed E-state index contributed by atoms with van der Waals surface area (Å²) in [7, 11) is 1.75. The van der Waals surface area contributed by atoms with Gasteiger partial charge < -0.3 is 14.0 Å². The van der Waals surface area contributed by atoms with Crippen molar-refractivity contribution in [2.75, 3.05) is 19.8 Å². The van der Waals surface area contributed by atoms with E-state index in [4.69, 9.17) is 12.2 Å². The Hall–Kier alpha value is -2.16. The van der Waals surface area contributed by atoms with E-state index in [1.54, 1.807) is 21.1 Å². The number of nitrogens with zero attached hydrogens (tertiary/aromatic N) is 3. The lowest BCUT2D eigenvalue weighted by Gasteiger charge is -2.17. The largest absolute Gasteiger partial charge is 0.342 e. The van der Waals surface area contributed by atoms with E-state index in [0.29, 0.717) is 30.0 Å². The fourth-order valence-electron chi connectivity index (χ4n) is 4.47. The Morgan fingerprint density at radius 1 is 1.21 bits per heavy atom. The standard InChI is InChI=1S/C20H21F4N3OS/c1-25-15(7-17(28)26-5-4-11(8-21)9-26)16-6-12(10-27(16)20(25)29)18-13(22)2-3-14(23)19(18)24/h2-3,11-12H,4-10H2,1H3. The van der Waals surface area contributed by atoms with Crippen molar-refractivity contribution in [2.45, 2.75) is 31.7 Å². The van der Waals surface area contributed by atoms with Gasteiger partial charge in [-0.05, 0) is 37.2 Å². The molecule has 0 spiro atoms. The van der Waals surface area contributed by atoms with Crippen LogP contribution in [0, 0.1) is 28.1 Å². The van der Waals surface area contributed by atoms with Crippen molar-refractivity contribution in [3.05, 3.63) is 51.3 Å². The molecule has 156 valence electrons. The van der Waals surface area contributed by atoms with E-state index in [0.717, 1.165) is 17.8 Å². The summed E-state index contributed by atoms with van der Waals surface area (Å²) < 4.78 is 59.0. The molecule has 2 aliphatic heterocycles. The van der Waals surface area contributed by atoms with E-state index in [-0.39, 0.29) is 36.8 Å². The summed E-state index contributed by atoms with van der Waals surface area (Å²) in [5.74, 6) is -3.89. The number of imidazole rings is 1. The highest BCUT2D eigenvalue weighted by Crippen LogP contribution is 2.36. The molecule has 0 N–H and O–H groups in total. The minimum atomic E-state index is -1.18. The van der Waals surface area contributed by atoms with Gasteiger partial charge in [-0.2, -0.15) is 0 Å². The Morgan fingerprint density at radius 3 is 2.62 bits per heavy atom. The zero-order valence-corrected chi connectivity index (χ0v) is 16.7. The molecule has 29 heavy (non-hydrogen) atoms. The Kier molecular flexibility index (Phi) is 5.27. The van der Waals surface area contributed by atoms with Crippen molar-refractivity contribution in [3.8, 4) is 0 Å². The number of halogens is 4. The lowest BCUT2D eigenvalue weighted by molar-refractivity contribution is -0.129. The number of benzene rings is 1. The number of hydrogen-bond acceptors (Lipinski definition) is 2. The Balaban J connectivity index is 1.61. The Labute approximate surface area is 170 Å². The molecule has 0 radical (unpaired) electrons. The summed E-state index contributed by atoms with van der Waals surface area (Å²) in [5, 5.41) is 0. The molecule has 0 aliphatic carbocycles. The van der Waals surface area contributed by atoms with Crippen molar-refractivity contribution < 1.29 is 22.4 Å². The third-order valence-corrected chi connectivity index (χ3v) is 6.58. The predicted octanol–water partition coefficient (Wildman–Crippen LogP) is 3.67.